The highest BCUT2D eigenvalue weighted by atomic mass is 16.2. The average Bonchev–Trinajstić information content (AvgIpc) is 3.21. The maximum atomic E-state index is 11.9. The Morgan fingerprint density at radius 1 is 1.06 bits per heavy atom. The molecule has 0 saturated carbocycles. The van der Waals surface area contributed by atoms with E-state index < -0.39 is 0 Å². The van der Waals surface area contributed by atoms with Crippen LogP contribution in [0.2, 0.25) is 0 Å². The Morgan fingerprint density at radius 2 is 1.97 bits per heavy atom. The number of aromatic nitrogens is 2. The molecule has 2 aliphatic heterocycles. The van der Waals surface area contributed by atoms with Crippen LogP contribution in [-0.2, 0) is 17.8 Å². The van der Waals surface area contributed by atoms with Crippen LogP contribution in [-0.4, -0.2) is 33.9 Å². The number of pyridine rings is 2. The van der Waals surface area contributed by atoms with Crippen molar-refractivity contribution in [1.29, 1.82) is 0 Å². The van der Waals surface area contributed by atoms with E-state index in [1.807, 2.05) is 18.3 Å². The zero-order valence-corrected chi connectivity index (χ0v) is 17.4. The Balaban J connectivity index is 1.27. The van der Waals surface area contributed by atoms with Crippen LogP contribution in [0.4, 0.5) is 11.6 Å². The maximum Gasteiger partial charge on any atom is 0.228 e. The van der Waals surface area contributed by atoms with Gasteiger partial charge < -0.3 is 10.6 Å². The number of rotatable bonds is 5. The van der Waals surface area contributed by atoms with E-state index in [0.29, 0.717) is 12.2 Å². The number of nitrogens with zero attached hydrogens (tertiary/aromatic N) is 4. The molecular formula is C25H25N5O. The number of amides is 1. The Kier molecular flexibility index (Phi) is 5.12. The van der Waals surface area contributed by atoms with Crippen LogP contribution in [0.3, 0.4) is 0 Å². The van der Waals surface area contributed by atoms with E-state index in [0.717, 1.165) is 54.6 Å². The summed E-state index contributed by atoms with van der Waals surface area (Å²) in [5.41, 5.74) is 9.59. The lowest BCUT2D eigenvalue weighted by atomic mass is 10.0. The largest absolute Gasteiger partial charge is 0.383 e. The average molecular weight is 412 g/mol. The molecule has 0 spiro atoms. The van der Waals surface area contributed by atoms with Gasteiger partial charge in [-0.25, -0.2) is 9.97 Å². The number of benzene rings is 1. The van der Waals surface area contributed by atoms with Gasteiger partial charge in [0.1, 0.15) is 11.6 Å². The van der Waals surface area contributed by atoms with E-state index in [9.17, 15) is 4.79 Å². The topological polar surface area (TPSA) is 75.3 Å². The molecule has 4 heterocycles. The zero-order chi connectivity index (χ0) is 21.2. The first-order chi connectivity index (χ1) is 15.2. The van der Waals surface area contributed by atoms with Crippen molar-refractivity contribution in [2.75, 3.05) is 23.7 Å². The summed E-state index contributed by atoms with van der Waals surface area (Å²) in [4.78, 5) is 24.7. The van der Waals surface area contributed by atoms with Crippen LogP contribution < -0.4 is 10.6 Å². The highest BCUT2D eigenvalue weighted by molar-refractivity contribution is 5.94. The highest BCUT2D eigenvalue weighted by Gasteiger charge is 2.22. The second kappa shape index (κ2) is 8.22. The van der Waals surface area contributed by atoms with Crippen LogP contribution in [0, 0.1) is 0 Å². The van der Waals surface area contributed by atoms with Gasteiger partial charge in [0.2, 0.25) is 5.91 Å². The van der Waals surface area contributed by atoms with E-state index >= 15 is 0 Å². The number of nitrogen functional groups attached to an aromatic ring is 1. The van der Waals surface area contributed by atoms with Gasteiger partial charge >= 0.3 is 0 Å². The van der Waals surface area contributed by atoms with Gasteiger partial charge in [0.25, 0.3) is 0 Å². The lowest BCUT2D eigenvalue weighted by Gasteiger charge is -2.24. The fraction of sp³-hybridized carbons (Fsp3) is 0.240. The standard InChI is InChI=1S/C25H25N5O/c26-25-22-7-5-20(14-21(22)9-10-27-25)17-29-11-1-3-19(16-29)13-18-6-8-23(28-15-18)30-12-2-4-24(30)31/h1,3,5-10,14-16H,2,4,11-13,17H2,(H2,26,27). The summed E-state index contributed by atoms with van der Waals surface area (Å²) >= 11 is 0. The Morgan fingerprint density at radius 3 is 2.77 bits per heavy atom. The molecule has 6 nitrogen and oxygen atoms in total. The molecule has 1 saturated heterocycles. The fourth-order valence-corrected chi connectivity index (χ4v) is 4.28. The Bertz CT molecular complexity index is 1180. The van der Waals surface area contributed by atoms with Gasteiger partial charge in [-0.15, -0.1) is 0 Å². The number of hydrogen-bond acceptors (Lipinski definition) is 5. The maximum absolute atomic E-state index is 11.9. The van der Waals surface area contributed by atoms with E-state index in [-0.39, 0.29) is 5.91 Å². The van der Waals surface area contributed by atoms with Crippen molar-refractivity contribution < 1.29 is 4.79 Å². The SMILES string of the molecule is Nc1nccc2cc(CN3C=C(Cc4ccc(N5CCCC5=O)nc4)C=CC3)ccc12. The number of carbonyl (C=O) groups excluding carboxylic acids is 1. The summed E-state index contributed by atoms with van der Waals surface area (Å²) in [5.74, 6) is 1.50. The summed E-state index contributed by atoms with van der Waals surface area (Å²) in [6.07, 6.45) is 12.6. The van der Waals surface area contributed by atoms with Crippen LogP contribution in [0.5, 0.6) is 0 Å². The van der Waals surface area contributed by atoms with Gasteiger partial charge in [-0.05, 0) is 46.7 Å². The molecule has 0 atom stereocenters. The van der Waals surface area contributed by atoms with Crippen LogP contribution in [0.1, 0.15) is 24.0 Å². The smallest absolute Gasteiger partial charge is 0.228 e. The number of fused-ring (bicyclic) bond motifs is 1. The van der Waals surface area contributed by atoms with Gasteiger partial charge in [0.15, 0.2) is 0 Å². The number of carbonyl (C=O) groups is 1. The number of nitrogens with two attached hydrogens (primary N) is 1. The van der Waals surface area contributed by atoms with E-state index in [1.54, 1.807) is 11.1 Å². The van der Waals surface area contributed by atoms with Gasteiger partial charge in [-0.2, -0.15) is 0 Å². The minimum Gasteiger partial charge on any atom is -0.383 e. The molecule has 2 aliphatic rings. The van der Waals surface area contributed by atoms with Crippen molar-refractivity contribution in [1.82, 2.24) is 14.9 Å². The summed E-state index contributed by atoms with van der Waals surface area (Å²) in [7, 11) is 0. The van der Waals surface area contributed by atoms with Crippen molar-refractivity contribution in [2.45, 2.75) is 25.8 Å². The third-order valence-electron chi connectivity index (χ3n) is 5.83. The predicted molar refractivity (Wildman–Crippen MR) is 123 cm³/mol. The molecule has 1 amide bonds. The van der Waals surface area contributed by atoms with Gasteiger partial charge in [0.05, 0.1) is 0 Å². The molecule has 2 N–H and O–H groups in total. The molecule has 0 aliphatic carbocycles. The molecule has 3 aromatic rings. The minimum absolute atomic E-state index is 0.168. The predicted octanol–water partition coefficient (Wildman–Crippen LogP) is 3.84. The van der Waals surface area contributed by atoms with Crippen molar-refractivity contribution in [3.05, 3.63) is 83.8 Å². The van der Waals surface area contributed by atoms with Crippen LogP contribution in [0.15, 0.2) is 72.7 Å². The Labute approximate surface area is 181 Å². The third kappa shape index (κ3) is 4.14. The summed E-state index contributed by atoms with van der Waals surface area (Å²) < 4.78 is 0. The summed E-state index contributed by atoms with van der Waals surface area (Å²) in [6.45, 7) is 2.49. The number of anilines is 2. The molecule has 2 aromatic heterocycles. The lowest BCUT2D eigenvalue weighted by Crippen LogP contribution is -2.24. The van der Waals surface area contributed by atoms with Crippen LogP contribution in [0.25, 0.3) is 10.8 Å². The summed E-state index contributed by atoms with van der Waals surface area (Å²) in [5, 5.41) is 2.11. The molecule has 1 aromatic carbocycles. The highest BCUT2D eigenvalue weighted by Crippen LogP contribution is 2.23. The van der Waals surface area contributed by atoms with E-state index in [2.05, 4.69) is 57.5 Å². The molecule has 0 bridgehead atoms. The van der Waals surface area contributed by atoms with Crippen molar-refractivity contribution in [3.8, 4) is 0 Å². The quantitative estimate of drug-likeness (QED) is 0.690. The normalized spacial score (nSPS) is 16.3. The first kappa shape index (κ1) is 19.3. The van der Waals surface area contributed by atoms with E-state index in [4.69, 9.17) is 5.73 Å². The molecule has 31 heavy (non-hydrogen) atoms. The minimum atomic E-state index is 0.168. The number of hydrogen-bond donors (Lipinski definition) is 1. The van der Waals surface area contributed by atoms with Gasteiger partial charge in [0, 0.05) is 56.5 Å². The van der Waals surface area contributed by atoms with Gasteiger partial charge in [-0.3, -0.25) is 9.69 Å². The van der Waals surface area contributed by atoms with Crippen LogP contribution >= 0.6 is 0 Å². The van der Waals surface area contributed by atoms with Crippen molar-refractivity contribution >= 4 is 28.3 Å². The molecule has 156 valence electrons. The van der Waals surface area contributed by atoms with Crippen molar-refractivity contribution in [3.63, 3.8) is 0 Å². The molecule has 6 heteroatoms. The molecule has 0 unspecified atom stereocenters. The van der Waals surface area contributed by atoms with Gasteiger partial charge in [-0.1, -0.05) is 30.4 Å². The Hall–Kier alpha value is -3.67. The number of allylic oxidation sites excluding steroid dienone is 2. The first-order valence-electron chi connectivity index (χ1n) is 10.7. The van der Waals surface area contributed by atoms with E-state index in [1.165, 1.54) is 11.1 Å². The monoisotopic (exact) mass is 411 g/mol. The molecule has 5 rings (SSSR count). The fourth-order valence-electron chi connectivity index (χ4n) is 4.28. The van der Waals surface area contributed by atoms with Crippen molar-refractivity contribution in [2.24, 2.45) is 0 Å². The second-order valence-electron chi connectivity index (χ2n) is 8.14. The third-order valence-corrected chi connectivity index (χ3v) is 5.83. The lowest BCUT2D eigenvalue weighted by molar-refractivity contribution is -0.117. The summed E-state index contributed by atoms with van der Waals surface area (Å²) in [6, 6.07) is 12.4. The molecular weight excluding hydrogens is 386 g/mol. The zero-order valence-electron chi connectivity index (χ0n) is 17.4. The molecule has 1 fully saturated rings. The second-order valence-corrected chi connectivity index (χ2v) is 8.14. The first-order valence-corrected chi connectivity index (χ1v) is 10.7. The molecule has 0 radical (unpaired) electrons.